The molecule has 5 nitrogen and oxygen atoms in total. The second-order valence-corrected chi connectivity index (χ2v) is 8.61. The van der Waals surface area contributed by atoms with Gasteiger partial charge in [0.15, 0.2) is 0 Å². The monoisotopic (exact) mass is 497 g/mol. The molecule has 0 aliphatic heterocycles. The molecular weight excluding hydrogens is 454 g/mol. The third-order valence-corrected chi connectivity index (χ3v) is 6.03. The van der Waals surface area contributed by atoms with E-state index in [4.69, 9.17) is 0 Å². The number of rotatable bonds is 13. The van der Waals surface area contributed by atoms with Gasteiger partial charge in [-0.15, -0.1) is 0 Å². The number of nitro groups is 1. The molecule has 0 fully saturated rings. The summed E-state index contributed by atoms with van der Waals surface area (Å²) in [4.78, 5) is 13.1. The zero-order chi connectivity index (χ0) is 22.4. The third-order valence-electron chi connectivity index (χ3n) is 6.03. The zero-order valence-corrected chi connectivity index (χ0v) is 22.0. The predicted molar refractivity (Wildman–Crippen MR) is 129 cm³/mol. The van der Waals surface area contributed by atoms with Gasteiger partial charge in [0.2, 0.25) is 0 Å². The second-order valence-electron chi connectivity index (χ2n) is 8.61. The van der Waals surface area contributed by atoms with Crippen LogP contribution < -0.4 is 17.0 Å². The van der Waals surface area contributed by atoms with Crippen molar-refractivity contribution in [2.24, 2.45) is 0 Å². The summed E-state index contributed by atoms with van der Waals surface area (Å²) in [6.07, 6.45) is 12.9. The van der Waals surface area contributed by atoms with Crippen molar-refractivity contribution in [1.29, 1.82) is 0 Å². The largest absolute Gasteiger partial charge is 1.00 e. The molecule has 1 aromatic carbocycles. The van der Waals surface area contributed by atoms with Gasteiger partial charge in [0.25, 0.3) is 5.69 Å². The number of H-pyrrole nitrogens is 1. The Morgan fingerprint density at radius 1 is 0.871 bits per heavy atom. The first kappa shape index (κ1) is 29.6. The summed E-state index contributed by atoms with van der Waals surface area (Å²) in [6.45, 7) is 16.9. The highest BCUT2D eigenvalue weighted by Gasteiger charge is 2.24. The van der Waals surface area contributed by atoms with E-state index >= 15 is 0 Å². The average molecular weight is 499 g/mol. The molecule has 0 spiro atoms. The fourth-order valence-corrected chi connectivity index (χ4v) is 4.01. The number of aromatic nitrogens is 1. The van der Waals surface area contributed by atoms with Crippen molar-refractivity contribution >= 4 is 16.6 Å². The van der Waals surface area contributed by atoms with Crippen molar-refractivity contribution < 1.29 is 26.4 Å². The van der Waals surface area contributed by atoms with Crippen LogP contribution in [0.2, 0.25) is 0 Å². The lowest BCUT2D eigenvalue weighted by molar-refractivity contribution is -0.929. The van der Waals surface area contributed by atoms with Gasteiger partial charge >= 0.3 is 0 Å². The Labute approximate surface area is 200 Å². The van der Waals surface area contributed by atoms with Crippen LogP contribution >= 0.6 is 0 Å². The number of halogens is 1. The van der Waals surface area contributed by atoms with Crippen LogP contribution in [-0.4, -0.2) is 40.6 Å². The Balaban J connectivity index is 0.000000576. The Morgan fingerprint density at radius 2 is 1.32 bits per heavy atom. The molecule has 31 heavy (non-hydrogen) atoms. The minimum absolute atomic E-state index is 0. The number of nitrogens with one attached hydrogen (secondary N) is 1. The van der Waals surface area contributed by atoms with E-state index < -0.39 is 0 Å². The molecule has 2 rings (SSSR count). The molecule has 178 valence electrons. The summed E-state index contributed by atoms with van der Waals surface area (Å²) in [5.74, 6) is 0. The van der Waals surface area contributed by atoms with Crippen LogP contribution in [0.5, 0.6) is 0 Å². The number of quaternary nitrogens is 1. The van der Waals surface area contributed by atoms with Gasteiger partial charge in [-0.1, -0.05) is 53.4 Å². The van der Waals surface area contributed by atoms with Crippen LogP contribution in [0.3, 0.4) is 0 Å². The first-order valence-corrected chi connectivity index (χ1v) is 12.0. The number of aromatic amines is 1. The summed E-state index contributed by atoms with van der Waals surface area (Å²) in [7, 11) is 0. The van der Waals surface area contributed by atoms with Crippen molar-refractivity contribution in [2.45, 2.75) is 86.0 Å². The standard InChI is InChI=1S/C16H36N.C9H8N2O2.BrH/c1-5-9-13-17(14-10-6-2,15-11-7-3)16-12-8-4;1-6-5-10-9-3-2-7(11(12)13)4-8(6)9;/h5-16H2,1-4H3;2-5,10H,1H3;1H/q+1;;/p-1. The predicted octanol–water partition coefficient (Wildman–Crippen LogP) is 4.39. The number of hydrogen-bond acceptors (Lipinski definition) is 2. The molecule has 1 N–H and O–H groups in total. The van der Waals surface area contributed by atoms with E-state index in [0.29, 0.717) is 0 Å². The fourth-order valence-electron chi connectivity index (χ4n) is 4.01. The maximum atomic E-state index is 10.5. The van der Waals surface area contributed by atoms with Crippen LogP contribution in [0, 0.1) is 17.0 Å². The normalized spacial score (nSPS) is 11.0. The number of non-ortho nitro benzene ring substituents is 1. The Hall–Kier alpha value is -1.40. The molecule has 2 aromatic rings. The van der Waals surface area contributed by atoms with Crippen LogP contribution in [0.25, 0.3) is 10.9 Å². The van der Waals surface area contributed by atoms with Gasteiger partial charge in [-0.3, -0.25) is 10.1 Å². The van der Waals surface area contributed by atoms with E-state index in [1.807, 2.05) is 13.1 Å². The molecule has 0 aliphatic carbocycles. The maximum absolute atomic E-state index is 10.5. The van der Waals surface area contributed by atoms with E-state index in [-0.39, 0.29) is 27.6 Å². The van der Waals surface area contributed by atoms with Crippen LogP contribution in [-0.2, 0) is 0 Å². The van der Waals surface area contributed by atoms with Crippen molar-refractivity contribution in [3.05, 3.63) is 40.1 Å². The molecule has 6 heteroatoms. The quantitative estimate of drug-likeness (QED) is 0.253. The van der Waals surface area contributed by atoms with Crippen molar-refractivity contribution in [3.63, 3.8) is 0 Å². The summed E-state index contributed by atoms with van der Waals surface area (Å²) in [5, 5.41) is 11.4. The van der Waals surface area contributed by atoms with E-state index in [1.54, 1.807) is 12.1 Å². The maximum Gasteiger partial charge on any atom is 0.270 e. The number of fused-ring (bicyclic) bond motifs is 1. The van der Waals surface area contributed by atoms with E-state index in [9.17, 15) is 10.1 Å². The highest BCUT2D eigenvalue weighted by molar-refractivity contribution is 5.85. The van der Waals surface area contributed by atoms with Gasteiger partial charge in [-0.25, -0.2) is 0 Å². The Bertz CT molecular complexity index is 708. The summed E-state index contributed by atoms with van der Waals surface area (Å²) in [6, 6.07) is 4.81. The van der Waals surface area contributed by atoms with Gasteiger partial charge in [-0.2, -0.15) is 0 Å². The number of benzene rings is 1. The van der Waals surface area contributed by atoms with Crippen LogP contribution in [0.1, 0.15) is 84.6 Å². The number of nitro benzene ring substituents is 1. The topological polar surface area (TPSA) is 58.9 Å². The van der Waals surface area contributed by atoms with E-state index in [2.05, 4.69) is 32.7 Å². The van der Waals surface area contributed by atoms with Gasteiger partial charge in [-0.05, 0) is 44.2 Å². The Morgan fingerprint density at radius 3 is 1.71 bits per heavy atom. The molecule has 1 heterocycles. The number of hydrogen-bond donors (Lipinski definition) is 1. The molecule has 0 saturated heterocycles. The number of aryl methyl sites for hydroxylation is 1. The van der Waals surface area contributed by atoms with Gasteiger partial charge < -0.3 is 26.4 Å². The fraction of sp³-hybridized carbons (Fsp3) is 0.680. The summed E-state index contributed by atoms with van der Waals surface area (Å²) in [5.41, 5.74) is 2.09. The minimum atomic E-state index is -0.383. The SMILES string of the molecule is CCCC[N+](CCCC)(CCCC)CCCC.Cc1c[nH]c2ccc([N+](=O)[O-])cc12.[Br-]. The molecule has 0 unspecified atom stereocenters. The Kier molecular flexibility index (Phi) is 15.5. The van der Waals surface area contributed by atoms with Gasteiger partial charge in [0, 0.05) is 29.2 Å². The van der Waals surface area contributed by atoms with Crippen molar-refractivity contribution in [3.8, 4) is 0 Å². The smallest absolute Gasteiger partial charge is 0.270 e. The molecule has 0 radical (unpaired) electrons. The lowest BCUT2D eigenvalue weighted by Crippen LogP contribution is -3.00. The third kappa shape index (κ3) is 10.2. The molecule has 0 bridgehead atoms. The van der Waals surface area contributed by atoms with Gasteiger partial charge in [0.05, 0.1) is 31.1 Å². The average Bonchev–Trinajstić information content (AvgIpc) is 3.13. The number of nitrogens with zero attached hydrogens (tertiary/aromatic N) is 2. The molecule has 1 aromatic heterocycles. The van der Waals surface area contributed by atoms with Crippen molar-refractivity contribution in [1.82, 2.24) is 4.98 Å². The lowest BCUT2D eigenvalue weighted by atomic mass is 10.1. The molecule has 0 atom stereocenters. The first-order valence-electron chi connectivity index (χ1n) is 12.0. The number of unbranched alkanes of at least 4 members (excludes halogenated alkanes) is 4. The van der Waals surface area contributed by atoms with Crippen LogP contribution in [0.4, 0.5) is 5.69 Å². The van der Waals surface area contributed by atoms with Crippen molar-refractivity contribution in [2.75, 3.05) is 26.2 Å². The minimum Gasteiger partial charge on any atom is -1.00 e. The lowest BCUT2D eigenvalue weighted by Gasteiger charge is -2.39. The summed E-state index contributed by atoms with van der Waals surface area (Å²) < 4.78 is 1.42. The second kappa shape index (κ2) is 16.3. The molecular formula is C25H44BrN3O2. The highest BCUT2D eigenvalue weighted by atomic mass is 79.9. The first-order chi connectivity index (χ1) is 14.4. The van der Waals surface area contributed by atoms with E-state index in [1.165, 1.54) is 88.1 Å². The molecule has 0 aliphatic rings. The van der Waals surface area contributed by atoms with E-state index in [0.717, 1.165) is 16.5 Å². The highest BCUT2D eigenvalue weighted by Crippen LogP contribution is 2.22. The molecule has 0 saturated carbocycles. The zero-order valence-electron chi connectivity index (χ0n) is 20.4. The van der Waals surface area contributed by atoms with Gasteiger partial charge in [0.1, 0.15) is 0 Å². The molecule has 0 amide bonds. The van der Waals surface area contributed by atoms with Crippen LogP contribution in [0.15, 0.2) is 24.4 Å². The summed E-state index contributed by atoms with van der Waals surface area (Å²) >= 11 is 0.